The molecule has 7 nitrogen and oxygen atoms in total. The van der Waals surface area contributed by atoms with Crippen molar-refractivity contribution in [3.05, 3.63) is 54.1 Å². The summed E-state index contributed by atoms with van der Waals surface area (Å²) in [6.45, 7) is -1.54. The van der Waals surface area contributed by atoms with E-state index >= 15 is 0 Å². The molecule has 0 aliphatic carbocycles. The van der Waals surface area contributed by atoms with E-state index in [-0.39, 0.29) is 22.7 Å². The molecule has 0 atom stereocenters. The molecule has 0 aromatic heterocycles. The fourth-order valence-corrected chi connectivity index (χ4v) is 3.53. The monoisotopic (exact) mass is 414 g/mol. The lowest BCUT2D eigenvalue weighted by atomic mass is 10.2. The number of nitrogens with one attached hydrogen (secondary N) is 1. The van der Waals surface area contributed by atoms with Crippen LogP contribution in [0.2, 0.25) is 0 Å². The Morgan fingerprint density at radius 3 is 2.39 bits per heavy atom. The van der Waals surface area contributed by atoms with Crippen LogP contribution in [0.15, 0.2) is 53.4 Å². The van der Waals surface area contributed by atoms with E-state index in [0.717, 1.165) is 4.90 Å². The molecule has 0 unspecified atom stereocenters. The van der Waals surface area contributed by atoms with Gasteiger partial charge in [-0.2, -0.15) is 0 Å². The van der Waals surface area contributed by atoms with Gasteiger partial charge in [-0.3, -0.25) is 9.52 Å². The van der Waals surface area contributed by atoms with Gasteiger partial charge in [-0.1, -0.05) is 12.1 Å². The number of hydrogen-bond acceptors (Lipinski definition) is 5. The van der Waals surface area contributed by atoms with Crippen LogP contribution in [-0.4, -0.2) is 57.6 Å². The molecule has 0 spiro atoms. The number of amides is 1. The Hall–Kier alpha value is -2.72. The van der Waals surface area contributed by atoms with Gasteiger partial charge in [0, 0.05) is 12.1 Å². The molecule has 2 aromatic carbocycles. The van der Waals surface area contributed by atoms with Crippen molar-refractivity contribution in [1.82, 2.24) is 4.90 Å². The second kappa shape index (κ2) is 9.47. The average molecular weight is 414 g/mol. The largest absolute Gasteiger partial charge is 0.495 e. The second-order valence-electron chi connectivity index (χ2n) is 5.70. The summed E-state index contributed by atoms with van der Waals surface area (Å²) < 4.78 is 57.8. The topological polar surface area (TPSA) is 95.9 Å². The highest BCUT2D eigenvalue weighted by Crippen LogP contribution is 2.26. The van der Waals surface area contributed by atoms with Crippen molar-refractivity contribution < 1.29 is 31.8 Å². The highest BCUT2D eigenvalue weighted by Gasteiger charge is 2.21. The van der Waals surface area contributed by atoms with Crippen LogP contribution in [0.5, 0.6) is 5.75 Å². The maximum absolute atomic E-state index is 12.6. The maximum atomic E-state index is 12.6. The zero-order valence-electron chi connectivity index (χ0n) is 15.0. The Morgan fingerprint density at radius 1 is 1.18 bits per heavy atom. The normalized spacial score (nSPS) is 11.3. The number of aliphatic hydroxyl groups excluding tert-OH is 1. The molecule has 2 rings (SSSR count). The van der Waals surface area contributed by atoms with E-state index in [2.05, 4.69) is 4.72 Å². The average Bonchev–Trinajstić information content (AvgIpc) is 2.67. The van der Waals surface area contributed by atoms with Crippen LogP contribution in [0.3, 0.4) is 0 Å². The number of aliphatic hydroxyl groups is 1. The number of rotatable bonds is 9. The van der Waals surface area contributed by atoms with E-state index in [9.17, 15) is 22.0 Å². The lowest BCUT2D eigenvalue weighted by molar-refractivity contribution is 0.0509. The van der Waals surface area contributed by atoms with Crippen LogP contribution in [0.4, 0.5) is 14.5 Å². The molecule has 152 valence electrons. The third-order valence-corrected chi connectivity index (χ3v) is 5.16. The second-order valence-corrected chi connectivity index (χ2v) is 7.38. The van der Waals surface area contributed by atoms with Crippen LogP contribution in [-0.2, 0) is 10.0 Å². The van der Waals surface area contributed by atoms with Crippen molar-refractivity contribution in [3.8, 4) is 5.75 Å². The lowest BCUT2D eigenvalue weighted by Gasteiger charge is -2.21. The smallest absolute Gasteiger partial charge is 0.262 e. The zero-order chi connectivity index (χ0) is 20.7. The van der Waals surface area contributed by atoms with Crippen LogP contribution in [0.25, 0.3) is 0 Å². The lowest BCUT2D eigenvalue weighted by Crippen LogP contribution is -2.37. The number of ether oxygens (including phenoxy) is 1. The Bertz CT molecular complexity index is 904. The van der Waals surface area contributed by atoms with Gasteiger partial charge in [0.15, 0.2) is 0 Å². The number of carbonyl (C=O) groups is 1. The van der Waals surface area contributed by atoms with Crippen LogP contribution in [0, 0.1) is 0 Å². The first-order chi connectivity index (χ1) is 13.3. The summed E-state index contributed by atoms with van der Waals surface area (Å²) in [7, 11) is -2.54. The molecule has 2 aromatic rings. The Kier molecular flexibility index (Phi) is 7.30. The fraction of sp³-hybridized carbons (Fsp3) is 0.278. The van der Waals surface area contributed by atoms with Crippen molar-refractivity contribution in [2.45, 2.75) is 11.3 Å². The van der Waals surface area contributed by atoms with Crippen molar-refractivity contribution in [2.24, 2.45) is 0 Å². The number of alkyl halides is 2. The number of halogens is 2. The summed E-state index contributed by atoms with van der Waals surface area (Å²) in [6, 6.07) is 11.3. The molecule has 0 fully saturated rings. The number of benzene rings is 2. The van der Waals surface area contributed by atoms with Crippen LogP contribution in [0.1, 0.15) is 10.4 Å². The van der Waals surface area contributed by atoms with Crippen molar-refractivity contribution >= 4 is 21.6 Å². The van der Waals surface area contributed by atoms with Gasteiger partial charge in [0.1, 0.15) is 5.75 Å². The molecule has 0 aliphatic heterocycles. The van der Waals surface area contributed by atoms with E-state index < -0.39 is 35.5 Å². The summed E-state index contributed by atoms with van der Waals surface area (Å²) in [5.41, 5.74) is 0.279. The third-order valence-electron chi connectivity index (χ3n) is 3.78. The molecular formula is C18H20F2N2O5S. The van der Waals surface area contributed by atoms with Gasteiger partial charge < -0.3 is 14.7 Å². The summed E-state index contributed by atoms with van der Waals surface area (Å²) in [4.78, 5) is 13.0. The first-order valence-corrected chi connectivity index (χ1v) is 9.71. The molecule has 0 saturated heterocycles. The van der Waals surface area contributed by atoms with Gasteiger partial charge >= 0.3 is 0 Å². The predicted molar refractivity (Wildman–Crippen MR) is 99.2 cm³/mol. The van der Waals surface area contributed by atoms with E-state index in [4.69, 9.17) is 9.84 Å². The van der Waals surface area contributed by atoms with E-state index in [0.29, 0.717) is 5.75 Å². The summed E-state index contributed by atoms with van der Waals surface area (Å²) in [5.74, 6) is -0.388. The molecule has 2 N–H and O–H groups in total. The number of sulfonamides is 1. The quantitative estimate of drug-likeness (QED) is 0.656. The van der Waals surface area contributed by atoms with Crippen molar-refractivity contribution in [1.29, 1.82) is 0 Å². The molecule has 0 saturated carbocycles. The molecule has 10 heteroatoms. The summed E-state index contributed by atoms with van der Waals surface area (Å²) in [5, 5.41) is 8.94. The number of hydrogen-bond donors (Lipinski definition) is 2. The molecular weight excluding hydrogens is 394 g/mol. The first-order valence-electron chi connectivity index (χ1n) is 8.22. The first kappa shape index (κ1) is 21.6. The minimum Gasteiger partial charge on any atom is -0.495 e. The van der Waals surface area contributed by atoms with E-state index in [1.54, 1.807) is 18.2 Å². The molecule has 0 heterocycles. The molecule has 28 heavy (non-hydrogen) atoms. The molecule has 1 amide bonds. The third kappa shape index (κ3) is 5.40. The number of nitrogens with zero attached hydrogens (tertiary/aromatic N) is 1. The van der Waals surface area contributed by atoms with Gasteiger partial charge in [0.25, 0.3) is 22.4 Å². The van der Waals surface area contributed by atoms with Gasteiger partial charge in [-0.15, -0.1) is 0 Å². The van der Waals surface area contributed by atoms with Crippen molar-refractivity contribution in [2.75, 3.05) is 31.5 Å². The van der Waals surface area contributed by atoms with Gasteiger partial charge in [0.2, 0.25) is 0 Å². The van der Waals surface area contributed by atoms with E-state index in [1.165, 1.54) is 37.4 Å². The number of methoxy groups -OCH3 is 1. The Labute approximate surface area is 161 Å². The molecule has 0 radical (unpaired) electrons. The van der Waals surface area contributed by atoms with Crippen LogP contribution >= 0.6 is 0 Å². The molecule has 0 bridgehead atoms. The molecule has 0 aliphatic rings. The maximum Gasteiger partial charge on any atom is 0.262 e. The zero-order valence-corrected chi connectivity index (χ0v) is 15.8. The Morgan fingerprint density at radius 2 is 1.82 bits per heavy atom. The summed E-state index contributed by atoms with van der Waals surface area (Å²) in [6.07, 6.45) is -2.75. The number of para-hydroxylation sites is 2. The standard InChI is InChI=1S/C18H20F2N2O5S/c1-27-16-5-3-2-4-15(16)21-28(25,26)14-8-6-13(7-9-14)18(24)22(10-11-23)12-17(19)20/h2-9,17,21,23H,10-12H2,1H3. The minimum atomic E-state index is -3.95. The fourth-order valence-electron chi connectivity index (χ4n) is 2.45. The van der Waals surface area contributed by atoms with Gasteiger partial charge in [0.05, 0.1) is 30.8 Å². The number of carbonyl (C=O) groups excluding carboxylic acids is 1. The van der Waals surface area contributed by atoms with Gasteiger partial charge in [-0.25, -0.2) is 17.2 Å². The van der Waals surface area contributed by atoms with Gasteiger partial charge in [-0.05, 0) is 36.4 Å². The van der Waals surface area contributed by atoms with Crippen molar-refractivity contribution in [3.63, 3.8) is 0 Å². The highest BCUT2D eigenvalue weighted by atomic mass is 32.2. The van der Waals surface area contributed by atoms with Crippen LogP contribution < -0.4 is 9.46 Å². The summed E-state index contributed by atoms with van der Waals surface area (Å²) >= 11 is 0. The number of anilines is 1. The SMILES string of the molecule is COc1ccccc1NS(=O)(=O)c1ccc(C(=O)N(CCO)CC(F)F)cc1. The Balaban J connectivity index is 2.21. The predicted octanol–water partition coefficient (Wildman–Crippen LogP) is 2.20. The van der Waals surface area contributed by atoms with E-state index in [1.807, 2.05) is 0 Å². The minimum absolute atomic E-state index is 0.0327. The highest BCUT2D eigenvalue weighted by molar-refractivity contribution is 7.92.